The average Bonchev–Trinajstić information content (AvgIpc) is 2.44. The summed E-state index contributed by atoms with van der Waals surface area (Å²) in [7, 11) is 1.58. The quantitative estimate of drug-likeness (QED) is 0.623. The number of aliphatic imine (C=N–C) groups is 1. The smallest absolute Gasteiger partial charge is 0.209 e. The summed E-state index contributed by atoms with van der Waals surface area (Å²) < 4.78 is 5.80. The predicted molar refractivity (Wildman–Crippen MR) is 61.9 cm³/mol. The standard InChI is InChI=1S/C8H10IN3O/c1-4-6(13-3)10-7-5(2)11-12-8(7)9/h4,11H,2H2,1,3H3/b6-4+,10-7+. The van der Waals surface area contributed by atoms with Gasteiger partial charge in [0.15, 0.2) is 0 Å². The van der Waals surface area contributed by atoms with Gasteiger partial charge >= 0.3 is 0 Å². The third-order valence-corrected chi connectivity index (χ3v) is 2.20. The maximum absolute atomic E-state index is 5.00. The van der Waals surface area contributed by atoms with E-state index in [1.54, 1.807) is 13.2 Å². The van der Waals surface area contributed by atoms with E-state index in [2.05, 4.69) is 44.7 Å². The second-order valence-corrected chi connectivity index (χ2v) is 3.31. The van der Waals surface area contributed by atoms with Crippen molar-refractivity contribution >= 4 is 32.0 Å². The van der Waals surface area contributed by atoms with Crippen LogP contribution in [-0.2, 0) is 4.74 Å². The van der Waals surface area contributed by atoms with Gasteiger partial charge in [-0.1, -0.05) is 6.58 Å². The third kappa shape index (κ3) is 2.30. The lowest BCUT2D eigenvalue weighted by Gasteiger charge is -2.00. The molecule has 0 amide bonds. The summed E-state index contributed by atoms with van der Waals surface area (Å²) in [5.74, 6) is 0.559. The van der Waals surface area contributed by atoms with E-state index in [0.29, 0.717) is 11.6 Å². The number of ether oxygens (including phenoxy) is 1. The summed E-state index contributed by atoms with van der Waals surface area (Å²) >= 11 is 2.09. The molecule has 1 N–H and O–H groups in total. The van der Waals surface area contributed by atoms with Gasteiger partial charge in [0.05, 0.1) is 12.8 Å². The normalized spacial score (nSPS) is 20.2. The Morgan fingerprint density at radius 2 is 2.46 bits per heavy atom. The minimum Gasteiger partial charge on any atom is -0.481 e. The number of hydrazone groups is 1. The highest BCUT2D eigenvalue weighted by Crippen LogP contribution is 2.11. The summed E-state index contributed by atoms with van der Waals surface area (Å²) in [6.45, 7) is 5.62. The Kier molecular flexibility index (Phi) is 3.47. The molecule has 0 spiro atoms. The van der Waals surface area contributed by atoms with E-state index >= 15 is 0 Å². The molecule has 1 aliphatic heterocycles. The molecule has 0 saturated carbocycles. The molecule has 13 heavy (non-hydrogen) atoms. The van der Waals surface area contributed by atoms with E-state index in [1.807, 2.05) is 6.92 Å². The van der Waals surface area contributed by atoms with E-state index in [4.69, 9.17) is 4.74 Å². The van der Waals surface area contributed by atoms with Crippen LogP contribution in [-0.4, -0.2) is 16.5 Å². The van der Waals surface area contributed by atoms with Crippen LogP contribution in [0, 0.1) is 0 Å². The van der Waals surface area contributed by atoms with Crippen molar-refractivity contribution in [3.63, 3.8) is 0 Å². The van der Waals surface area contributed by atoms with Crippen LogP contribution in [0.25, 0.3) is 0 Å². The summed E-state index contributed by atoms with van der Waals surface area (Å²) in [4.78, 5) is 4.23. The number of nitrogens with one attached hydrogen (secondary N) is 1. The predicted octanol–water partition coefficient (Wildman–Crippen LogP) is 1.80. The van der Waals surface area contributed by atoms with E-state index < -0.39 is 0 Å². The zero-order chi connectivity index (χ0) is 9.84. The molecular weight excluding hydrogens is 281 g/mol. The summed E-state index contributed by atoms with van der Waals surface area (Å²) in [5, 5.41) is 3.96. The molecule has 0 unspecified atom stereocenters. The van der Waals surface area contributed by atoms with Crippen molar-refractivity contribution in [2.24, 2.45) is 10.1 Å². The summed E-state index contributed by atoms with van der Waals surface area (Å²) in [5.41, 5.74) is 4.17. The first-order chi connectivity index (χ1) is 6.19. The van der Waals surface area contributed by atoms with Crippen molar-refractivity contribution in [3.8, 4) is 0 Å². The van der Waals surface area contributed by atoms with Crippen molar-refractivity contribution in [1.29, 1.82) is 0 Å². The number of hydrogen-bond acceptors (Lipinski definition) is 4. The fourth-order valence-corrected chi connectivity index (χ4v) is 1.37. The molecule has 0 aromatic carbocycles. The molecule has 1 heterocycles. The van der Waals surface area contributed by atoms with Crippen LogP contribution in [0.4, 0.5) is 0 Å². The zero-order valence-corrected chi connectivity index (χ0v) is 9.62. The number of rotatable bonds is 2. The van der Waals surface area contributed by atoms with Gasteiger partial charge in [-0.3, -0.25) is 5.43 Å². The fourth-order valence-electron chi connectivity index (χ4n) is 0.799. The molecule has 0 bridgehead atoms. The first kappa shape index (κ1) is 10.2. The molecule has 0 saturated heterocycles. The third-order valence-electron chi connectivity index (χ3n) is 1.45. The Balaban J connectivity index is 2.93. The van der Waals surface area contributed by atoms with Crippen molar-refractivity contribution < 1.29 is 4.74 Å². The number of methoxy groups -OCH3 is 1. The fraction of sp³-hybridized carbons (Fsp3) is 0.250. The minimum atomic E-state index is 0.559. The number of halogens is 1. The van der Waals surface area contributed by atoms with Gasteiger partial charge in [-0.25, -0.2) is 4.99 Å². The van der Waals surface area contributed by atoms with Crippen LogP contribution in [0.2, 0.25) is 0 Å². The topological polar surface area (TPSA) is 46.0 Å². The van der Waals surface area contributed by atoms with E-state index in [0.717, 1.165) is 9.43 Å². The second-order valence-electron chi connectivity index (χ2n) is 2.28. The Morgan fingerprint density at radius 1 is 1.77 bits per heavy atom. The van der Waals surface area contributed by atoms with Gasteiger partial charge < -0.3 is 4.74 Å². The Morgan fingerprint density at radius 3 is 2.85 bits per heavy atom. The van der Waals surface area contributed by atoms with Gasteiger partial charge in [-0.2, -0.15) is 5.10 Å². The maximum Gasteiger partial charge on any atom is 0.209 e. The van der Waals surface area contributed by atoms with Crippen LogP contribution >= 0.6 is 22.6 Å². The van der Waals surface area contributed by atoms with Crippen LogP contribution < -0.4 is 5.43 Å². The first-order valence-corrected chi connectivity index (χ1v) is 4.74. The molecule has 0 aromatic rings. The molecule has 0 aliphatic carbocycles. The Bertz CT molecular complexity index is 317. The molecule has 4 nitrogen and oxygen atoms in total. The van der Waals surface area contributed by atoms with Crippen molar-refractivity contribution in [1.82, 2.24) is 5.43 Å². The van der Waals surface area contributed by atoms with Gasteiger partial charge in [0.2, 0.25) is 5.88 Å². The van der Waals surface area contributed by atoms with Crippen molar-refractivity contribution in [2.45, 2.75) is 6.92 Å². The van der Waals surface area contributed by atoms with Crippen molar-refractivity contribution in [2.75, 3.05) is 7.11 Å². The highest BCUT2D eigenvalue weighted by molar-refractivity contribution is 14.1. The second kappa shape index (κ2) is 4.40. The van der Waals surface area contributed by atoms with E-state index in [9.17, 15) is 0 Å². The highest BCUT2D eigenvalue weighted by Gasteiger charge is 2.16. The lowest BCUT2D eigenvalue weighted by Crippen LogP contribution is -2.08. The van der Waals surface area contributed by atoms with Crippen LogP contribution in [0.3, 0.4) is 0 Å². The molecule has 1 rings (SSSR count). The van der Waals surface area contributed by atoms with Gasteiger partial charge in [0.25, 0.3) is 0 Å². The van der Waals surface area contributed by atoms with Crippen LogP contribution in [0.5, 0.6) is 0 Å². The number of hydrogen-bond donors (Lipinski definition) is 1. The molecule has 70 valence electrons. The first-order valence-electron chi connectivity index (χ1n) is 3.67. The molecule has 0 aromatic heterocycles. The van der Waals surface area contributed by atoms with Gasteiger partial charge in [0, 0.05) is 0 Å². The Labute approximate surface area is 90.6 Å². The van der Waals surface area contributed by atoms with Gasteiger partial charge in [-0.15, -0.1) is 0 Å². The van der Waals surface area contributed by atoms with Gasteiger partial charge in [0.1, 0.15) is 9.43 Å². The highest BCUT2D eigenvalue weighted by atomic mass is 127. The Hall–Kier alpha value is -0.850. The molecule has 1 aliphatic rings. The van der Waals surface area contributed by atoms with Crippen LogP contribution in [0.1, 0.15) is 6.92 Å². The monoisotopic (exact) mass is 291 g/mol. The van der Waals surface area contributed by atoms with Crippen LogP contribution in [0.15, 0.2) is 34.3 Å². The van der Waals surface area contributed by atoms with E-state index in [1.165, 1.54) is 0 Å². The molecule has 5 heteroatoms. The summed E-state index contributed by atoms with van der Waals surface area (Å²) in [6.07, 6.45) is 1.78. The van der Waals surface area contributed by atoms with Crippen molar-refractivity contribution in [3.05, 3.63) is 24.2 Å². The van der Waals surface area contributed by atoms with E-state index in [-0.39, 0.29) is 0 Å². The summed E-state index contributed by atoms with van der Waals surface area (Å²) in [6, 6.07) is 0. The largest absolute Gasteiger partial charge is 0.481 e. The molecule has 0 atom stereocenters. The number of nitrogens with zero attached hydrogens (tertiary/aromatic N) is 2. The molecular formula is C8H10IN3O. The minimum absolute atomic E-state index is 0.559. The molecule has 0 radical (unpaired) electrons. The SMILES string of the molecule is C=C1NN=C(I)/C1=N/C(=C\C)OC. The zero-order valence-electron chi connectivity index (χ0n) is 7.47. The van der Waals surface area contributed by atoms with Gasteiger partial charge in [-0.05, 0) is 35.6 Å². The lowest BCUT2D eigenvalue weighted by molar-refractivity contribution is 0.288. The molecule has 0 fully saturated rings. The lowest BCUT2D eigenvalue weighted by atomic mass is 10.3. The number of allylic oxidation sites excluding steroid dienone is 2. The maximum atomic E-state index is 5.00. The average molecular weight is 291 g/mol.